The first kappa shape index (κ1) is 20.9. The van der Waals surface area contributed by atoms with Gasteiger partial charge in [-0.05, 0) is 29.7 Å². The van der Waals surface area contributed by atoms with Crippen LogP contribution in [-0.4, -0.2) is 31.6 Å². The number of benzene rings is 1. The van der Waals surface area contributed by atoms with Crippen molar-refractivity contribution in [2.45, 2.75) is 32.6 Å². The van der Waals surface area contributed by atoms with Gasteiger partial charge in [0, 0.05) is 19.3 Å². The Morgan fingerprint density at radius 3 is 2.36 bits per heavy atom. The van der Waals surface area contributed by atoms with Crippen LogP contribution in [0.1, 0.15) is 25.0 Å². The Morgan fingerprint density at radius 1 is 1.24 bits per heavy atom. The molecule has 140 valence electrons. The summed E-state index contributed by atoms with van der Waals surface area (Å²) in [4.78, 5) is 24.0. The smallest absolute Gasteiger partial charge is 0.375 e. The molecule has 1 aromatic carbocycles. The third kappa shape index (κ3) is 6.35. The van der Waals surface area contributed by atoms with Crippen LogP contribution in [0.3, 0.4) is 0 Å². The topological polar surface area (TPSA) is 93.4 Å². The quantitative estimate of drug-likeness (QED) is 0.691. The van der Waals surface area contributed by atoms with Crippen molar-refractivity contribution in [3.63, 3.8) is 0 Å². The van der Waals surface area contributed by atoms with Crippen molar-refractivity contribution in [2.24, 2.45) is 11.7 Å². The van der Waals surface area contributed by atoms with Gasteiger partial charge >= 0.3 is 6.18 Å². The minimum absolute atomic E-state index is 0.0353. The lowest BCUT2D eigenvalue weighted by atomic mass is 10.0. The first-order chi connectivity index (χ1) is 11.6. The van der Waals surface area contributed by atoms with E-state index in [1.807, 2.05) is 0 Å². The first-order valence-electron chi connectivity index (χ1n) is 7.58. The van der Waals surface area contributed by atoms with E-state index in [9.17, 15) is 22.8 Å². The van der Waals surface area contributed by atoms with Crippen LogP contribution in [0, 0.1) is 5.92 Å². The van der Waals surface area contributed by atoms with E-state index < -0.39 is 29.6 Å². The number of anilines is 1. The van der Waals surface area contributed by atoms with Crippen LogP contribution in [0.15, 0.2) is 18.2 Å². The molecule has 0 radical (unpaired) electrons. The molecule has 9 heteroatoms. The molecule has 0 aliphatic carbocycles. The molecule has 0 unspecified atom stereocenters. The largest absolute Gasteiger partial charge is 0.416 e. The maximum absolute atomic E-state index is 12.9. The molecule has 0 aromatic heterocycles. The zero-order valence-electron chi connectivity index (χ0n) is 14.2. The molecule has 0 heterocycles. The van der Waals surface area contributed by atoms with Crippen molar-refractivity contribution in [3.8, 4) is 0 Å². The SMILES string of the molecule is COCC(=O)N[C@H](C(=O)Nc1cc(CN)cc(C(F)(F)F)c1)C(C)C. The van der Waals surface area contributed by atoms with Crippen LogP contribution in [-0.2, 0) is 27.0 Å². The zero-order valence-corrected chi connectivity index (χ0v) is 14.2. The zero-order chi connectivity index (χ0) is 19.2. The molecule has 2 amide bonds. The minimum atomic E-state index is -4.56. The Kier molecular flexibility index (Phi) is 7.38. The van der Waals surface area contributed by atoms with Crippen LogP contribution in [0.4, 0.5) is 18.9 Å². The van der Waals surface area contributed by atoms with Crippen molar-refractivity contribution >= 4 is 17.5 Å². The summed E-state index contributed by atoms with van der Waals surface area (Å²) in [6, 6.07) is 2.20. The summed E-state index contributed by atoms with van der Waals surface area (Å²) in [5.41, 5.74) is 4.71. The number of rotatable bonds is 7. The first-order valence-corrected chi connectivity index (χ1v) is 7.58. The molecule has 1 rings (SSSR count). The Labute approximate surface area is 143 Å². The van der Waals surface area contributed by atoms with E-state index in [0.29, 0.717) is 0 Å². The molecule has 0 bridgehead atoms. The van der Waals surface area contributed by atoms with Gasteiger partial charge in [0.1, 0.15) is 12.6 Å². The van der Waals surface area contributed by atoms with E-state index in [0.717, 1.165) is 12.1 Å². The number of methoxy groups -OCH3 is 1. The normalized spacial score (nSPS) is 12.8. The summed E-state index contributed by atoms with van der Waals surface area (Å²) in [6.45, 7) is 3.08. The maximum Gasteiger partial charge on any atom is 0.416 e. The average Bonchev–Trinajstić information content (AvgIpc) is 2.51. The third-order valence-corrected chi connectivity index (χ3v) is 3.36. The van der Waals surface area contributed by atoms with Gasteiger partial charge in [0.25, 0.3) is 0 Å². The van der Waals surface area contributed by atoms with Gasteiger partial charge in [-0.3, -0.25) is 9.59 Å². The average molecular weight is 361 g/mol. The molecular formula is C16H22F3N3O3. The second kappa shape index (κ2) is 8.82. The van der Waals surface area contributed by atoms with Gasteiger partial charge in [0.05, 0.1) is 5.56 Å². The van der Waals surface area contributed by atoms with E-state index >= 15 is 0 Å². The number of hydrogen-bond acceptors (Lipinski definition) is 4. The molecule has 0 aliphatic rings. The fourth-order valence-corrected chi connectivity index (χ4v) is 2.15. The molecule has 1 aromatic rings. The van der Waals surface area contributed by atoms with Gasteiger partial charge < -0.3 is 21.1 Å². The second-order valence-corrected chi connectivity index (χ2v) is 5.83. The van der Waals surface area contributed by atoms with Gasteiger partial charge in [-0.25, -0.2) is 0 Å². The molecule has 1 atom stereocenters. The van der Waals surface area contributed by atoms with Gasteiger partial charge in [0.15, 0.2) is 0 Å². The van der Waals surface area contributed by atoms with Gasteiger partial charge in [-0.1, -0.05) is 13.8 Å². The van der Waals surface area contributed by atoms with Crippen LogP contribution in [0.2, 0.25) is 0 Å². The Hall–Kier alpha value is -2.13. The number of nitrogens with one attached hydrogen (secondary N) is 2. The van der Waals surface area contributed by atoms with E-state index in [1.165, 1.54) is 13.2 Å². The highest BCUT2D eigenvalue weighted by Gasteiger charge is 2.31. The minimum Gasteiger partial charge on any atom is -0.375 e. The number of alkyl halides is 3. The van der Waals surface area contributed by atoms with Crippen LogP contribution >= 0.6 is 0 Å². The number of hydrogen-bond donors (Lipinski definition) is 3. The molecule has 25 heavy (non-hydrogen) atoms. The Balaban J connectivity index is 3.01. The van der Waals surface area contributed by atoms with Gasteiger partial charge in [0.2, 0.25) is 11.8 Å². The van der Waals surface area contributed by atoms with Crippen molar-refractivity contribution in [3.05, 3.63) is 29.3 Å². The van der Waals surface area contributed by atoms with Crippen molar-refractivity contribution < 1.29 is 27.5 Å². The monoisotopic (exact) mass is 361 g/mol. The van der Waals surface area contributed by atoms with Gasteiger partial charge in [-0.2, -0.15) is 13.2 Å². The number of halogens is 3. The van der Waals surface area contributed by atoms with Crippen molar-refractivity contribution in [2.75, 3.05) is 19.0 Å². The van der Waals surface area contributed by atoms with E-state index in [1.54, 1.807) is 13.8 Å². The molecule has 0 saturated heterocycles. The van der Waals surface area contributed by atoms with Crippen molar-refractivity contribution in [1.82, 2.24) is 5.32 Å². The molecule has 0 fully saturated rings. The summed E-state index contributed by atoms with van der Waals surface area (Å²) in [6.07, 6.45) is -4.56. The summed E-state index contributed by atoms with van der Waals surface area (Å²) < 4.78 is 43.5. The van der Waals surface area contributed by atoms with Crippen LogP contribution < -0.4 is 16.4 Å². The standard InChI is InChI=1S/C16H22F3N3O3/c1-9(2)14(22-13(23)8-25-3)15(24)21-12-5-10(7-20)4-11(6-12)16(17,18)19/h4-6,9,14H,7-8,20H2,1-3H3,(H,21,24)(H,22,23)/t14-/m0/s1. The Morgan fingerprint density at radius 2 is 1.88 bits per heavy atom. The molecule has 0 spiro atoms. The summed E-state index contributed by atoms with van der Waals surface area (Å²) >= 11 is 0. The number of nitrogens with two attached hydrogens (primary N) is 1. The summed E-state index contributed by atoms with van der Waals surface area (Å²) in [7, 11) is 1.33. The Bertz CT molecular complexity index is 618. The lowest BCUT2D eigenvalue weighted by Gasteiger charge is -2.22. The lowest BCUT2D eigenvalue weighted by Crippen LogP contribution is -2.48. The van der Waals surface area contributed by atoms with Gasteiger partial charge in [-0.15, -0.1) is 0 Å². The molecule has 6 nitrogen and oxygen atoms in total. The third-order valence-electron chi connectivity index (χ3n) is 3.36. The fourth-order valence-electron chi connectivity index (χ4n) is 2.15. The molecule has 4 N–H and O–H groups in total. The lowest BCUT2D eigenvalue weighted by molar-refractivity contribution is -0.137. The maximum atomic E-state index is 12.9. The number of amides is 2. The summed E-state index contributed by atoms with van der Waals surface area (Å²) in [5, 5.41) is 4.90. The number of ether oxygens (including phenoxy) is 1. The number of carbonyl (C=O) groups is 2. The second-order valence-electron chi connectivity index (χ2n) is 5.83. The molecule has 0 aliphatic heterocycles. The fraction of sp³-hybridized carbons (Fsp3) is 0.500. The molecular weight excluding hydrogens is 339 g/mol. The van der Waals surface area contributed by atoms with E-state index in [4.69, 9.17) is 5.73 Å². The highest BCUT2D eigenvalue weighted by Crippen LogP contribution is 2.32. The van der Waals surface area contributed by atoms with Crippen LogP contribution in [0.5, 0.6) is 0 Å². The highest BCUT2D eigenvalue weighted by atomic mass is 19.4. The predicted molar refractivity (Wildman–Crippen MR) is 86.6 cm³/mol. The van der Waals surface area contributed by atoms with Crippen LogP contribution in [0.25, 0.3) is 0 Å². The van der Waals surface area contributed by atoms with E-state index in [2.05, 4.69) is 15.4 Å². The molecule has 0 saturated carbocycles. The van der Waals surface area contributed by atoms with Crippen molar-refractivity contribution in [1.29, 1.82) is 0 Å². The van der Waals surface area contributed by atoms with E-state index in [-0.39, 0.29) is 30.3 Å². The number of carbonyl (C=O) groups excluding carboxylic acids is 2. The highest BCUT2D eigenvalue weighted by molar-refractivity contribution is 5.97. The summed E-state index contributed by atoms with van der Waals surface area (Å²) in [5.74, 6) is -1.40. The predicted octanol–water partition coefficient (Wildman–Crippen LogP) is 1.89.